The van der Waals surface area contributed by atoms with Gasteiger partial charge in [-0.25, -0.2) is 4.39 Å². The van der Waals surface area contributed by atoms with E-state index in [4.69, 9.17) is 5.26 Å². The smallest absolute Gasteiger partial charge is 0.243 e. The molecular weight excluding hydrogens is 257 g/mol. The van der Waals surface area contributed by atoms with Crippen molar-refractivity contribution in [2.24, 2.45) is 0 Å². The topological polar surface area (TPSA) is 64.9 Å². The Bertz CT molecular complexity index is 647. The van der Waals surface area contributed by atoms with Crippen LogP contribution in [0.15, 0.2) is 48.5 Å². The van der Waals surface area contributed by atoms with Gasteiger partial charge in [0.2, 0.25) is 5.91 Å². The standard InChI is InChI=1S/C15H12FN3O/c16-12-5-7-13(8-6-12)19-15(20)10-18-14-4-2-1-3-11(14)9-17/h1-8,18H,10H2,(H,19,20). The van der Waals surface area contributed by atoms with Crippen molar-refractivity contribution in [2.75, 3.05) is 17.2 Å². The number of nitrogens with zero attached hydrogens (tertiary/aromatic N) is 1. The Hall–Kier alpha value is -2.87. The van der Waals surface area contributed by atoms with E-state index in [0.29, 0.717) is 16.9 Å². The van der Waals surface area contributed by atoms with Crippen molar-refractivity contribution in [1.29, 1.82) is 5.26 Å². The predicted molar refractivity (Wildman–Crippen MR) is 74.7 cm³/mol. The van der Waals surface area contributed by atoms with Crippen LogP contribution in [0.5, 0.6) is 0 Å². The number of rotatable bonds is 4. The number of amides is 1. The Labute approximate surface area is 115 Å². The number of carbonyl (C=O) groups excluding carboxylic acids is 1. The predicted octanol–water partition coefficient (Wildman–Crippen LogP) is 2.75. The van der Waals surface area contributed by atoms with Crippen LogP contribution in [0.2, 0.25) is 0 Å². The van der Waals surface area contributed by atoms with Gasteiger partial charge in [-0.05, 0) is 36.4 Å². The number of halogens is 1. The Morgan fingerprint density at radius 2 is 1.85 bits per heavy atom. The molecule has 2 aromatic rings. The molecule has 5 heteroatoms. The molecular formula is C15H12FN3O. The average Bonchev–Trinajstić information content (AvgIpc) is 2.48. The van der Waals surface area contributed by atoms with E-state index in [9.17, 15) is 9.18 Å². The van der Waals surface area contributed by atoms with Crippen molar-refractivity contribution in [3.8, 4) is 6.07 Å². The molecule has 0 aliphatic heterocycles. The zero-order valence-electron chi connectivity index (χ0n) is 10.6. The molecule has 0 radical (unpaired) electrons. The first kappa shape index (κ1) is 13.6. The molecule has 0 saturated carbocycles. The number of benzene rings is 2. The summed E-state index contributed by atoms with van der Waals surface area (Å²) in [6.07, 6.45) is 0. The molecule has 1 amide bonds. The summed E-state index contributed by atoms with van der Waals surface area (Å²) in [5.74, 6) is -0.631. The number of para-hydroxylation sites is 1. The minimum Gasteiger partial charge on any atom is -0.375 e. The Balaban J connectivity index is 1.92. The third kappa shape index (κ3) is 3.56. The first-order chi connectivity index (χ1) is 9.69. The van der Waals surface area contributed by atoms with Crippen molar-refractivity contribution >= 4 is 17.3 Å². The molecule has 0 aliphatic rings. The van der Waals surface area contributed by atoms with Crippen LogP contribution in [-0.2, 0) is 4.79 Å². The number of hydrogen-bond donors (Lipinski definition) is 2. The van der Waals surface area contributed by atoms with Gasteiger partial charge in [-0.2, -0.15) is 5.26 Å². The highest BCUT2D eigenvalue weighted by Gasteiger charge is 2.04. The highest BCUT2D eigenvalue weighted by atomic mass is 19.1. The molecule has 2 rings (SSSR count). The van der Waals surface area contributed by atoms with Crippen LogP contribution in [0.25, 0.3) is 0 Å². The number of nitrogens with one attached hydrogen (secondary N) is 2. The number of nitriles is 1. The lowest BCUT2D eigenvalue weighted by Crippen LogP contribution is -2.22. The van der Waals surface area contributed by atoms with Crippen LogP contribution in [0.1, 0.15) is 5.56 Å². The van der Waals surface area contributed by atoms with E-state index in [2.05, 4.69) is 10.6 Å². The molecule has 0 aromatic heterocycles. The van der Waals surface area contributed by atoms with E-state index in [1.807, 2.05) is 6.07 Å². The van der Waals surface area contributed by atoms with Gasteiger partial charge in [0.15, 0.2) is 0 Å². The maximum absolute atomic E-state index is 12.7. The van der Waals surface area contributed by atoms with Gasteiger partial charge in [-0.3, -0.25) is 4.79 Å². The van der Waals surface area contributed by atoms with Gasteiger partial charge < -0.3 is 10.6 Å². The van der Waals surface area contributed by atoms with Crippen LogP contribution >= 0.6 is 0 Å². The number of carbonyl (C=O) groups is 1. The van der Waals surface area contributed by atoms with Gasteiger partial charge in [0.25, 0.3) is 0 Å². The summed E-state index contributed by atoms with van der Waals surface area (Å²) in [5, 5.41) is 14.4. The third-order valence-electron chi connectivity index (χ3n) is 2.61. The van der Waals surface area contributed by atoms with Crippen LogP contribution < -0.4 is 10.6 Å². The highest BCUT2D eigenvalue weighted by Crippen LogP contribution is 2.13. The molecule has 4 nitrogen and oxygen atoms in total. The molecule has 2 N–H and O–H groups in total. The Morgan fingerprint density at radius 1 is 1.15 bits per heavy atom. The van der Waals surface area contributed by atoms with Crippen LogP contribution in [0, 0.1) is 17.1 Å². The van der Waals surface area contributed by atoms with Gasteiger partial charge in [-0.15, -0.1) is 0 Å². The SMILES string of the molecule is N#Cc1ccccc1NCC(=O)Nc1ccc(F)cc1. The molecule has 0 heterocycles. The molecule has 2 aromatic carbocycles. The summed E-state index contributed by atoms with van der Waals surface area (Å²) in [5.41, 5.74) is 1.60. The second-order valence-electron chi connectivity index (χ2n) is 4.07. The summed E-state index contributed by atoms with van der Waals surface area (Å²) in [6, 6.07) is 14.5. The van der Waals surface area contributed by atoms with E-state index < -0.39 is 0 Å². The van der Waals surface area contributed by atoms with E-state index in [0.717, 1.165) is 0 Å². The minimum atomic E-state index is -0.357. The molecule has 0 bridgehead atoms. The van der Waals surface area contributed by atoms with Crippen LogP contribution in [-0.4, -0.2) is 12.5 Å². The zero-order chi connectivity index (χ0) is 14.4. The van der Waals surface area contributed by atoms with E-state index in [1.165, 1.54) is 24.3 Å². The summed E-state index contributed by atoms with van der Waals surface area (Å²) in [7, 11) is 0. The van der Waals surface area contributed by atoms with Crippen LogP contribution in [0.3, 0.4) is 0 Å². The summed E-state index contributed by atoms with van der Waals surface area (Å²) < 4.78 is 12.7. The molecule has 0 atom stereocenters. The van der Waals surface area contributed by atoms with Crippen molar-refractivity contribution in [3.05, 3.63) is 59.9 Å². The Kier molecular flexibility index (Phi) is 4.30. The fourth-order valence-corrected chi connectivity index (χ4v) is 1.65. The lowest BCUT2D eigenvalue weighted by atomic mass is 10.2. The van der Waals surface area contributed by atoms with Gasteiger partial charge in [0.1, 0.15) is 11.9 Å². The second kappa shape index (κ2) is 6.34. The van der Waals surface area contributed by atoms with Gasteiger partial charge in [0, 0.05) is 5.69 Å². The molecule has 0 fully saturated rings. The molecule has 0 unspecified atom stereocenters. The van der Waals surface area contributed by atoms with Crippen molar-refractivity contribution in [1.82, 2.24) is 0 Å². The Morgan fingerprint density at radius 3 is 2.55 bits per heavy atom. The highest BCUT2D eigenvalue weighted by molar-refractivity contribution is 5.93. The summed E-state index contributed by atoms with van der Waals surface area (Å²) in [4.78, 5) is 11.7. The number of anilines is 2. The molecule has 0 spiro atoms. The molecule has 0 saturated heterocycles. The van der Waals surface area contributed by atoms with E-state index in [-0.39, 0.29) is 18.3 Å². The van der Waals surface area contributed by atoms with Crippen molar-refractivity contribution in [2.45, 2.75) is 0 Å². The van der Waals surface area contributed by atoms with Gasteiger partial charge in [0.05, 0.1) is 17.8 Å². The monoisotopic (exact) mass is 269 g/mol. The fourth-order valence-electron chi connectivity index (χ4n) is 1.65. The molecule has 20 heavy (non-hydrogen) atoms. The van der Waals surface area contributed by atoms with Gasteiger partial charge >= 0.3 is 0 Å². The normalized spacial score (nSPS) is 9.60. The summed E-state index contributed by atoms with van der Waals surface area (Å²) >= 11 is 0. The van der Waals surface area contributed by atoms with E-state index >= 15 is 0 Å². The lowest BCUT2D eigenvalue weighted by Gasteiger charge is -2.08. The largest absolute Gasteiger partial charge is 0.375 e. The summed E-state index contributed by atoms with van der Waals surface area (Å²) in [6.45, 7) is 0.0239. The average molecular weight is 269 g/mol. The molecule has 100 valence electrons. The zero-order valence-corrected chi connectivity index (χ0v) is 10.6. The minimum absolute atomic E-state index is 0.0239. The fraction of sp³-hybridized carbons (Fsp3) is 0.0667. The first-order valence-corrected chi connectivity index (χ1v) is 5.97. The second-order valence-corrected chi connectivity index (χ2v) is 4.07. The third-order valence-corrected chi connectivity index (χ3v) is 2.61. The van der Waals surface area contributed by atoms with Crippen molar-refractivity contribution in [3.63, 3.8) is 0 Å². The maximum atomic E-state index is 12.7. The van der Waals surface area contributed by atoms with Crippen molar-refractivity contribution < 1.29 is 9.18 Å². The lowest BCUT2D eigenvalue weighted by molar-refractivity contribution is -0.114. The number of hydrogen-bond acceptors (Lipinski definition) is 3. The quantitative estimate of drug-likeness (QED) is 0.897. The molecule has 0 aliphatic carbocycles. The maximum Gasteiger partial charge on any atom is 0.243 e. The first-order valence-electron chi connectivity index (χ1n) is 5.97. The van der Waals surface area contributed by atoms with Gasteiger partial charge in [-0.1, -0.05) is 12.1 Å². The van der Waals surface area contributed by atoms with Crippen LogP contribution in [0.4, 0.5) is 15.8 Å². The van der Waals surface area contributed by atoms with E-state index in [1.54, 1.807) is 24.3 Å².